The molecule has 0 radical (unpaired) electrons. The van der Waals surface area contributed by atoms with Gasteiger partial charge in [-0.05, 0) is 43.5 Å². The van der Waals surface area contributed by atoms with E-state index in [4.69, 9.17) is 0 Å². The number of aliphatic hydroxyl groups is 1. The highest BCUT2D eigenvalue weighted by molar-refractivity contribution is 5.97. The summed E-state index contributed by atoms with van der Waals surface area (Å²) in [5.41, 5.74) is 3.16. The second-order valence-electron chi connectivity index (χ2n) is 6.96. The Bertz CT molecular complexity index is 720. The Kier molecular flexibility index (Phi) is 4.21. The lowest BCUT2D eigenvalue weighted by Crippen LogP contribution is -2.44. The lowest BCUT2D eigenvalue weighted by atomic mass is 9.88. The molecule has 2 aromatic rings. The molecule has 1 fully saturated rings. The van der Waals surface area contributed by atoms with E-state index in [1.54, 1.807) is 0 Å². The van der Waals surface area contributed by atoms with Crippen molar-refractivity contribution in [1.29, 1.82) is 0 Å². The summed E-state index contributed by atoms with van der Waals surface area (Å²) in [5.74, 6) is 0.384. The van der Waals surface area contributed by atoms with E-state index in [1.165, 1.54) is 5.56 Å². The molecule has 0 bridgehead atoms. The standard InChI is InChI=1S/C21H23NO2/c23-20(15-6-2-1-3-7-15)16-10-12-22(13-11-16)19-14-17-8-4-5-9-18(17)21(19)24/h1-9,16,19,21,24H,10-14H2. The van der Waals surface area contributed by atoms with Gasteiger partial charge in [-0.3, -0.25) is 9.69 Å². The van der Waals surface area contributed by atoms with Gasteiger partial charge in [0.25, 0.3) is 0 Å². The molecule has 1 aliphatic carbocycles. The number of fused-ring (bicyclic) bond motifs is 1. The van der Waals surface area contributed by atoms with Crippen LogP contribution in [0.1, 0.15) is 40.4 Å². The summed E-state index contributed by atoms with van der Waals surface area (Å²) in [5, 5.41) is 10.6. The van der Waals surface area contributed by atoms with Gasteiger partial charge in [0.1, 0.15) is 0 Å². The molecule has 124 valence electrons. The summed E-state index contributed by atoms with van der Waals surface area (Å²) in [6.07, 6.45) is 2.28. The topological polar surface area (TPSA) is 40.5 Å². The molecule has 2 aliphatic rings. The molecule has 1 aliphatic heterocycles. The van der Waals surface area contributed by atoms with Crippen molar-refractivity contribution in [3.05, 3.63) is 71.3 Å². The van der Waals surface area contributed by atoms with E-state index in [0.29, 0.717) is 0 Å². The fourth-order valence-corrected chi connectivity index (χ4v) is 4.21. The molecular weight excluding hydrogens is 298 g/mol. The van der Waals surface area contributed by atoms with Crippen molar-refractivity contribution in [2.45, 2.75) is 31.4 Å². The van der Waals surface area contributed by atoms with E-state index < -0.39 is 6.10 Å². The molecule has 0 spiro atoms. The molecule has 2 atom stereocenters. The first kappa shape index (κ1) is 15.6. The van der Waals surface area contributed by atoms with Crippen LogP contribution in [0.25, 0.3) is 0 Å². The van der Waals surface area contributed by atoms with E-state index in [1.807, 2.05) is 48.5 Å². The van der Waals surface area contributed by atoms with Gasteiger partial charge in [-0.15, -0.1) is 0 Å². The second kappa shape index (κ2) is 6.50. The summed E-state index contributed by atoms with van der Waals surface area (Å²) in [6, 6.07) is 18.0. The first-order valence-corrected chi connectivity index (χ1v) is 8.83. The molecule has 3 nitrogen and oxygen atoms in total. The second-order valence-corrected chi connectivity index (χ2v) is 6.96. The maximum absolute atomic E-state index is 12.6. The number of benzene rings is 2. The zero-order valence-electron chi connectivity index (χ0n) is 13.8. The van der Waals surface area contributed by atoms with Gasteiger partial charge in [-0.1, -0.05) is 54.6 Å². The van der Waals surface area contributed by atoms with Crippen LogP contribution >= 0.6 is 0 Å². The van der Waals surface area contributed by atoms with Crippen molar-refractivity contribution in [2.24, 2.45) is 5.92 Å². The Morgan fingerprint density at radius 2 is 1.62 bits per heavy atom. The van der Waals surface area contributed by atoms with E-state index in [0.717, 1.165) is 43.5 Å². The molecule has 0 amide bonds. The van der Waals surface area contributed by atoms with Crippen LogP contribution in [0.2, 0.25) is 0 Å². The molecule has 1 N–H and O–H groups in total. The van der Waals surface area contributed by atoms with Crippen LogP contribution in [0.5, 0.6) is 0 Å². The molecule has 0 saturated carbocycles. The molecule has 0 aromatic heterocycles. The lowest BCUT2D eigenvalue weighted by Gasteiger charge is -2.37. The van der Waals surface area contributed by atoms with Crippen LogP contribution in [0.15, 0.2) is 54.6 Å². The van der Waals surface area contributed by atoms with Crippen molar-refractivity contribution in [3.63, 3.8) is 0 Å². The Morgan fingerprint density at radius 3 is 2.33 bits per heavy atom. The highest BCUT2D eigenvalue weighted by Gasteiger charge is 2.37. The number of hydrogen-bond acceptors (Lipinski definition) is 3. The quantitative estimate of drug-likeness (QED) is 0.882. The zero-order valence-corrected chi connectivity index (χ0v) is 13.8. The van der Waals surface area contributed by atoms with Crippen LogP contribution < -0.4 is 0 Å². The van der Waals surface area contributed by atoms with Gasteiger partial charge < -0.3 is 5.11 Å². The summed E-state index contributed by atoms with van der Waals surface area (Å²) in [4.78, 5) is 15.0. The Labute approximate surface area is 142 Å². The molecule has 4 rings (SSSR count). The number of nitrogens with zero attached hydrogens (tertiary/aromatic N) is 1. The van der Waals surface area contributed by atoms with E-state index in [9.17, 15) is 9.90 Å². The smallest absolute Gasteiger partial charge is 0.166 e. The molecule has 24 heavy (non-hydrogen) atoms. The van der Waals surface area contributed by atoms with Gasteiger partial charge in [0.2, 0.25) is 0 Å². The molecule has 2 unspecified atom stereocenters. The van der Waals surface area contributed by atoms with Crippen LogP contribution in [0.3, 0.4) is 0 Å². The lowest BCUT2D eigenvalue weighted by molar-refractivity contribution is 0.0379. The third kappa shape index (κ3) is 2.79. The average Bonchev–Trinajstić information content (AvgIpc) is 2.99. The predicted molar refractivity (Wildman–Crippen MR) is 94.0 cm³/mol. The highest BCUT2D eigenvalue weighted by atomic mass is 16.3. The normalized spacial score (nSPS) is 24.7. The number of carbonyl (C=O) groups excluding carboxylic acids is 1. The van der Waals surface area contributed by atoms with Gasteiger partial charge in [-0.25, -0.2) is 0 Å². The summed E-state index contributed by atoms with van der Waals surface area (Å²) in [7, 11) is 0. The number of carbonyl (C=O) groups is 1. The first-order valence-electron chi connectivity index (χ1n) is 8.83. The highest BCUT2D eigenvalue weighted by Crippen LogP contribution is 2.36. The van der Waals surface area contributed by atoms with E-state index >= 15 is 0 Å². The average molecular weight is 321 g/mol. The molecule has 1 saturated heterocycles. The summed E-state index contributed by atoms with van der Waals surface area (Å²) < 4.78 is 0. The first-order chi connectivity index (χ1) is 11.7. The Balaban J connectivity index is 1.40. The number of rotatable bonds is 3. The Morgan fingerprint density at radius 1 is 0.958 bits per heavy atom. The van der Waals surface area contributed by atoms with Gasteiger partial charge in [0, 0.05) is 17.5 Å². The minimum Gasteiger partial charge on any atom is -0.387 e. The third-order valence-electron chi connectivity index (χ3n) is 5.59. The molecule has 3 heteroatoms. The van der Waals surface area contributed by atoms with Crippen LogP contribution in [0.4, 0.5) is 0 Å². The fraction of sp³-hybridized carbons (Fsp3) is 0.381. The van der Waals surface area contributed by atoms with E-state index in [-0.39, 0.29) is 17.7 Å². The largest absolute Gasteiger partial charge is 0.387 e. The van der Waals surface area contributed by atoms with Crippen molar-refractivity contribution < 1.29 is 9.90 Å². The number of hydrogen-bond donors (Lipinski definition) is 1. The number of ketones is 1. The Hall–Kier alpha value is -1.97. The van der Waals surface area contributed by atoms with Crippen LogP contribution in [-0.4, -0.2) is 34.9 Å². The zero-order chi connectivity index (χ0) is 16.5. The molecular formula is C21H23NO2. The van der Waals surface area contributed by atoms with Gasteiger partial charge in [0.15, 0.2) is 5.78 Å². The maximum atomic E-state index is 12.6. The molecule has 2 aromatic carbocycles. The van der Waals surface area contributed by atoms with Gasteiger partial charge in [0.05, 0.1) is 6.10 Å². The minimum absolute atomic E-state index is 0.115. The van der Waals surface area contributed by atoms with Crippen molar-refractivity contribution in [1.82, 2.24) is 4.90 Å². The molecule has 1 heterocycles. The van der Waals surface area contributed by atoms with Gasteiger partial charge in [-0.2, -0.15) is 0 Å². The number of likely N-dealkylation sites (tertiary alicyclic amines) is 1. The summed E-state index contributed by atoms with van der Waals surface area (Å²) in [6.45, 7) is 1.78. The maximum Gasteiger partial charge on any atom is 0.166 e. The van der Waals surface area contributed by atoms with Crippen molar-refractivity contribution in [3.8, 4) is 0 Å². The summed E-state index contributed by atoms with van der Waals surface area (Å²) >= 11 is 0. The number of piperidine rings is 1. The monoisotopic (exact) mass is 321 g/mol. The van der Waals surface area contributed by atoms with Crippen LogP contribution in [0, 0.1) is 5.92 Å². The van der Waals surface area contributed by atoms with Crippen LogP contribution in [-0.2, 0) is 6.42 Å². The minimum atomic E-state index is -0.400. The van der Waals surface area contributed by atoms with Gasteiger partial charge >= 0.3 is 0 Å². The third-order valence-corrected chi connectivity index (χ3v) is 5.59. The predicted octanol–water partition coefficient (Wildman–Crippen LogP) is 3.24. The van der Waals surface area contributed by atoms with Crippen molar-refractivity contribution in [2.75, 3.05) is 13.1 Å². The van der Waals surface area contributed by atoms with Crippen molar-refractivity contribution >= 4 is 5.78 Å². The fourth-order valence-electron chi connectivity index (χ4n) is 4.21. The SMILES string of the molecule is O=C(c1ccccc1)C1CCN(C2Cc3ccccc3C2O)CC1. The number of aliphatic hydroxyl groups excluding tert-OH is 1. The number of Topliss-reactive ketones (excluding diaryl/α,β-unsaturated/α-hetero) is 1. The van der Waals surface area contributed by atoms with E-state index in [2.05, 4.69) is 11.0 Å².